The molecule has 0 radical (unpaired) electrons. The van der Waals surface area contributed by atoms with Crippen LogP contribution in [-0.4, -0.2) is 28.4 Å². The fourth-order valence-electron chi connectivity index (χ4n) is 2.76. The molecule has 27 heavy (non-hydrogen) atoms. The molecule has 0 aliphatic carbocycles. The molecule has 0 atom stereocenters. The minimum absolute atomic E-state index is 0.303. The van der Waals surface area contributed by atoms with Crippen molar-refractivity contribution in [1.82, 2.24) is 10.0 Å². The molecule has 5 nitrogen and oxygen atoms in total. The summed E-state index contributed by atoms with van der Waals surface area (Å²) in [6.07, 6.45) is 5.39. The highest BCUT2D eigenvalue weighted by molar-refractivity contribution is 5.99. The van der Waals surface area contributed by atoms with Gasteiger partial charge in [-0.3, -0.25) is 9.59 Å². The zero-order chi connectivity index (χ0) is 19.6. The summed E-state index contributed by atoms with van der Waals surface area (Å²) in [4.78, 5) is 25.8. The van der Waals surface area contributed by atoms with Crippen molar-refractivity contribution in [2.75, 3.05) is 6.54 Å². The number of rotatable bonds is 7. The van der Waals surface area contributed by atoms with E-state index in [-0.39, 0.29) is 5.91 Å². The second-order valence-electron chi connectivity index (χ2n) is 6.31. The van der Waals surface area contributed by atoms with Gasteiger partial charge < -0.3 is 0 Å². The third-order valence-corrected chi connectivity index (χ3v) is 4.25. The van der Waals surface area contributed by atoms with Gasteiger partial charge in [0.15, 0.2) is 0 Å². The quantitative estimate of drug-likeness (QED) is 0.415. The SMILES string of the molecule is CCCCN(C(=O)c1ccccc1)N(C#N)C(=O)c1ccc(CCC)cc1. The summed E-state index contributed by atoms with van der Waals surface area (Å²) in [6.45, 7) is 4.39. The van der Waals surface area contributed by atoms with Gasteiger partial charge >= 0.3 is 0 Å². The average Bonchev–Trinajstić information content (AvgIpc) is 2.71. The Labute approximate surface area is 160 Å². The van der Waals surface area contributed by atoms with Gasteiger partial charge in [-0.2, -0.15) is 5.26 Å². The monoisotopic (exact) mass is 363 g/mol. The normalized spacial score (nSPS) is 10.1. The minimum atomic E-state index is -0.499. The fraction of sp³-hybridized carbons (Fsp3) is 0.318. The van der Waals surface area contributed by atoms with Crippen LogP contribution in [0.3, 0.4) is 0 Å². The van der Waals surface area contributed by atoms with E-state index < -0.39 is 5.91 Å². The van der Waals surface area contributed by atoms with Gasteiger partial charge in [0.05, 0.1) is 0 Å². The van der Waals surface area contributed by atoms with Gasteiger partial charge in [-0.25, -0.2) is 5.01 Å². The zero-order valence-corrected chi connectivity index (χ0v) is 15.9. The lowest BCUT2D eigenvalue weighted by Gasteiger charge is -2.29. The zero-order valence-electron chi connectivity index (χ0n) is 15.9. The predicted octanol–water partition coefficient (Wildman–Crippen LogP) is 4.42. The van der Waals surface area contributed by atoms with E-state index in [0.29, 0.717) is 24.1 Å². The Morgan fingerprint density at radius 1 is 0.889 bits per heavy atom. The molecular formula is C22H25N3O2. The van der Waals surface area contributed by atoms with Crippen molar-refractivity contribution >= 4 is 11.8 Å². The second-order valence-corrected chi connectivity index (χ2v) is 6.31. The van der Waals surface area contributed by atoms with Gasteiger partial charge in [0.2, 0.25) is 6.19 Å². The molecule has 0 N–H and O–H groups in total. The molecule has 0 heterocycles. The number of nitriles is 1. The van der Waals surface area contributed by atoms with Crippen LogP contribution in [0.5, 0.6) is 0 Å². The molecule has 2 aromatic rings. The van der Waals surface area contributed by atoms with E-state index in [0.717, 1.165) is 29.8 Å². The summed E-state index contributed by atoms with van der Waals surface area (Å²) < 4.78 is 0. The van der Waals surface area contributed by atoms with Gasteiger partial charge in [0.1, 0.15) is 0 Å². The molecule has 0 aliphatic rings. The van der Waals surface area contributed by atoms with Crippen LogP contribution in [0.4, 0.5) is 0 Å². The molecule has 140 valence electrons. The second kappa shape index (κ2) is 10.1. The molecule has 2 rings (SSSR count). The van der Waals surface area contributed by atoms with Crippen LogP contribution in [0.15, 0.2) is 54.6 Å². The molecule has 5 heteroatoms. The number of nitrogens with zero attached hydrogens (tertiary/aromatic N) is 3. The predicted molar refractivity (Wildman–Crippen MR) is 105 cm³/mol. The first-order chi connectivity index (χ1) is 13.1. The van der Waals surface area contributed by atoms with E-state index in [1.807, 2.05) is 31.3 Å². The Morgan fingerprint density at radius 2 is 1.52 bits per heavy atom. The number of hydrazine groups is 1. The Hall–Kier alpha value is -3.13. The van der Waals surface area contributed by atoms with Crippen LogP contribution in [0.1, 0.15) is 59.4 Å². The first-order valence-electron chi connectivity index (χ1n) is 9.32. The van der Waals surface area contributed by atoms with E-state index in [2.05, 4.69) is 6.92 Å². The molecule has 0 spiro atoms. The maximum absolute atomic E-state index is 12.9. The van der Waals surface area contributed by atoms with E-state index in [1.165, 1.54) is 5.01 Å². The van der Waals surface area contributed by atoms with E-state index in [4.69, 9.17) is 0 Å². The number of unbranched alkanes of at least 4 members (excludes halogenated alkanes) is 1. The van der Waals surface area contributed by atoms with E-state index in [1.54, 1.807) is 36.4 Å². The molecule has 0 aromatic heterocycles. The van der Waals surface area contributed by atoms with Crippen molar-refractivity contribution in [3.63, 3.8) is 0 Å². The van der Waals surface area contributed by atoms with Crippen molar-refractivity contribution in [3.05, 3.63) is 71.3 Å². The van der Waals surface area contributed by atoms with Crippen LogP contribution >= 0.6 is 0 Å². The van der Waals surface area contributed by atoms with Crippen LogP contribution in [-0.2, 0) is 6.42 Å². The first-order valence-corrected chi connectivity index (χ1v) is 9.32. The van der Waals surface area contributed by atoms with Gasteiger partial charge in [0.25, 0.3) is 11.8 Å². The fourth-order valence-corrected chi connectivity index (χ4v) is 2.76. The molecular weight excluding hydrogens is 338 g/mol. The number of hydrogen-bond donors (Lipinski definition) is 0. The van der Waals surface area contributed by atoms with E-state index in [9.17, 15) is 14.9 Å². The standard InChI is InChI=1S/C22H25N3O2/c1-3-5-16-24(21(26)19-10-7-6-8-11-19)25(17-23)22(27)20-14-12-18(9-4-2)13-15-20/h6-8,10-15H,3-5,9,16H2,1-2H3. The molecule has 0 unspecified atom stereocenters. The highest BCUT2D eigenvalue weighted by Crippen LogP contribution is 2.14. The molecule has 2 aromatic carbocycles. The van der Waals surface area contributed by atoms with Crippen molar-refractivity contribution in [1.29, 1.82) is 5.26 Å². The van der Waals surface area contributed by atoms with Crippen LogP contribution in [0, 0.1) is 11.5 Å². The van der Waals surface area contributed by atoms with Gasteiger partial charge in [-0.1, -0.05) is 57.0 Å². The van der Waals surface area contributed by atoms with Gasteiger partial charge in [-0.05, 0) is 42.7 Å². The minimum Gasteiger partial charge on any atom is -0.267 e. The Balaban J connectivity index is 2.29. The summed E-state index contributed by atoms with van der Waals surface area (Å²) in [5.74, 6) is -0.859. The van der Waals surface area contributed by atoms with Crippen LogP contribution in [0.25, 0.3) is 0 Å². The van der Waals surface area contributed by atoms with Crippen molar-refractivity contribution in [3.8, 4) is 6.19 Å². The van der Waals surface area contributed by atoms with Crippen molar-refractivity contribution in [2.24, 2.45) is 0 Å². The van der Waals surface area contributed by atoms with Crippen molar-refractivity contribution in [2.45, 2.75) is 39.5 Å². The molecule has 0 fully saturated rings. The molecule has 0 aliphatic heterocycles. The van der Waals surface area contributed by atoms with Crippen molar-refractivity contribution < 1.29 is 9.59 Å². The van der Waals surface area contributed by atoms with Gasteiger partial charge in [-0.15, -0.1) is 5.01 Å². The summed E-state index contributed by atoms with van der Waals surface area (Å²) in [6, 6.07) is 15.9. The van der Waals surface area contributed by atoms with E-state index >= 15 is 0 Å². The lowest BCUT2D eigenvalue weighted by molar-refractivity contribution is 0.0192. The molecule has 0 saturated heterocycles. The summed E-state index contributed by atoms with van der Waals surface area (Å²) in [7, 11) is 0. The Kier molecular flexibility index (Phi) is 7.57. The third-order valence-electron chi connectivity index (χ3n) is 4.25. The number of aryl methyl sites for hydroxylation is 1. The smallest absolute Gasteiger partial charge is 0.267 e. The number of benzene rings is 2. The topological polar surface area (TPSA) is 64.4 Å². The average molecular weight is 363 g/mol. The maximum atomic E-state index is 12.9. The Morgan fingerprint density at radius 3 is 2.07 bits per heavy atom. The largest absolute Gasteiger partial charge is 0.286 e. The number of amides is 2. The highest BCUT2D eigenvalue weighted by Gasteiger charge is 2.27. The lowest BCUT2D eigenvalue weighted by atomic mass is 10.1. The van der Waals surface area contributed by atoms with Crippen LogP contribution < -0.4 is 0 Å². The third kappa shape index (κ3) is 5.18. The highest BCUT2D eigenvalue weighted by atomic mass is 16.2. The van der Waals surface area contributed by atoms with Crippen LogP contribution in [0.2, 0.25) is 0 Å². The summed E-state index contributed by atoms with van der Waals surface area (Å²) in [5, 5.41) is 11.7. The van der Waals surface area contributed by atoms with Gasteiger partial charge in [0, 0.05) is 17.7 Å². The summed E-state index contributed by atoms with van der Waals surface area (Å²) in [5.41, 5.74) is 1.97. The lowest BCUT2D eigenvalue weighted by Crippen LogP contribution is -2.47. The maximum Gasteiger partial charge on any atom is 0.286 e. The number of carbonyl (C=O) groups excluding carboxylic acids is 2. The Bertz CT molecular complexity index is 795. The first kappa shape index (κ1) is 20.2. The number of carbonyl (C=O) groups is 2. The molecule has 2 amide bonds. The molecule has 0 saturated carbocycles. The number of hydrogen-bond acceptors (Lipinski definition) is 3. The molecule has 0 bridgehead atoms. The summed E-state index contributed by atoms with van der Waals surface area (Å²) >= 11 is 0.